The third kappa shape index (κ3) is 4.20. The van der Waals surface area contributed by atoms with Gasteiger partial charge in [-0.25, -0.2) is 0 Å². The van der Waals surface area contributed by atoms with Gasteiger partial charge < -0.3 is 10.1 Å². The van der Waals surface area contributed by atoms with Crippen LogP contribution in [0, 0.1) is 6.92 Å². The van der Waals surface area contributed by atoms with E-state index in [0.717, 1.165) is 11.3 Å². The van der Waals surface area contributed by atoms with Gasteiger partial charge in [0.1, 0.15) is 5.75 Å². The average Bonchev–Trinajstić information content (AvgIpc) is 2.55. The predicted octanol–water partition coefficient (Wildman–Crippen LogP) is 2.64. The summed E-state index contributed by atoms with van der Waals surface area (Å²) in [6.45, 7) is 1.97. The number of para-hydroxylation sites is 1. The van der Waals surface area contributed by atoms with Gasteiger partial charge in [-0.3, -0.25) is 15.6 Å². The molecule has 0 atom stereocenters. The van der Waals surface area contributed by atoms with Crippen molar-refractivity contribution in [3.63, 3.8) is 0 Å². The van der Waals surface area contributed by atoms with Crippen LogP contribution in [0.25, 0.3) is 0 Å². The van der Waals surface area contributed by atoms with E-state index in [0.29, 0.717) is 16.4 Å². The fraction of sp³-hybridized carbons (Fsp3) is 0.125. The van der Waals surface area contributed by atoms with E-state index in [-0.39, 0.29) is 5.91 Å². The lowest BCUT2D eigenvalue weighted by Crippen LogP contribution is -2.43. The number of ether oxygens (including phenoxy) is 1. The molecule has 114 valence electrons. The van der Waals surface area contributed by atoms with Crippen molar-refractivity contribution < 1.29 is 9.53 Å². The summed E-state index contributed by atoms with van der Waals surface area (Å²) in [4.78, 5) is 12.0. The smallest absolute Gasteiger partial charge is 0.269 e. The Morgan fingerprint density at radius 3 is 2.59 bits per heavy atom. The van der Waals surface area contributed by atoms with Gasteiger partial charge >= 0.3 is 0 Å². The van der Waals surface area contributed by atoms with Crippen LogP contribution < -0.4 is 20.9 Å². The number of aryl methyl sites for hydroxylation is 1. The highest BCUT2D eigenvalue weighted by molar-refractivity contribution is 7.80. The number of thiocarbonyl (C=S) groups is 1. The van der Waals surface area contributed by atoms with Crippen molar-refractivity contribution in [1.29, 1.82) is 0 Å². The predicted molar refractivity (Wildman–Crippen MR) is 91.0 cm³/mol. The average molecular weight is 315 g/mol. The van der Waals surface area contributed by atoms with Crippen LogP contribution in [0.5, 0.6) is 5.75 Å². The fourth-order valence-electron chi connectivity index (χ4n) is 1.82. The summed E-state index contributed by atoms with van der Waals surface area (Å²) in [5, 5.41) is 3.33. The Morgan fingerprint density at radius 1 is 1.09 bits per heavy atom. The molecule has 0 unspecified atom stereocenters. The van der Waals surface area contributed by atoms with Gasteiger partial charge in [0.15, 0.2) is 5.11 Å². The van der Waals surface area contributed by atoms with Gasteiger partial charge in [-0.15, -0.1) is 0 Å². The molecule has 0 aliphatic carbocycles. The summed E-state index contributed by atoms with van der Waals surface area (Å²) in [6, 6.07) is 14.6. The third-order valence-corrected chi connectivity index (χ3v) is 3.22. The van der Waals surface area contributed by atoms with Gasteiger partial charge in [-0.2, -0.15) is 0 Å². The molecular weight excluding hydrogens is 298 g/mol. The lowest BCUT2D eigenvalue weighted by atomic mass is 10.2. The van der Waals surface area contributed by atoms with Gasteiger partial charge in [0.05, 0.1) is 7.11 Å². The quantitative estimate of drug-likeness (QED) is 0.600. The van der Waals surface area contributed by atoms with Crippen molar-refractivity contribution in [1.82, 2.24) is 10.9 Å². The van der Waals surface area contributed by atoms with Gasteiger partial charge in [0.2, 0.25) is 0 Å². The minimum Gasteiger partial charge on any atom is -0.497 e. The fourth-order valence-corrected chi connectivity index (χ4v) is 1.98. The number of hydrogen-bond acceptors (Lipinski definition) is 3. The molecule has 5 nitrogen and oxygen atoms in total. The van der Waals surface area contributed by atoms with E-state index in [1.165, 1.54) is 0 Å². The first-order chi connectivity index (χ1) is 10.6. The molecule has 3 N–H and O–H groups in total. The molecule has 0 fully saturated rings. The standard InChI is InChI=1S/C16H17N3O2S/c1-11-6-3-4-9-14(11)17-16(22)19-18-15(20)12-7-5-8-13(10-12)21-2/h3-10H,1-2H3,(H,18,20)(H2,17,19,22). The Hall–Kier alpha value is -2.60. The van der Waals surface area contributed by atoms with Gasteiger partial charge in [-0.05, 0) is 49.0 Å². The number of hydrogen-bond donors (Lipinski definition) is 3. The molecule has 0 bridgehead atoms. The topological polar surface area (TPSA) is 62.4 Å². The zero-order chi connectivity index (χ0) is 15.9. The monoisotopic (exact) mass is 315 g/mol. The Kier molecular flexibility index (Phi) is 5.32. The van der Waals surface area contributed by atoms with Crippen molar-refractivity contribution >= 4 is 28.9 Å². The molecular formula is C16H17N3O2S. The first kappa shape index (κ1) is 15.8. The molecule has 0 aromatic heterocycles. The van der Waals surface area contributed by atoms with Crippen LogP contribution in [-0.4, -0.2) is 18.1 Å². The van der Waals surface area contributed by atoms with E-state index < -0.39 is 0 Å². The van der Waals surface area contributed by atoms with E-state index in [4.69, 9.17) is 17.0 Å². The number of anilines is 1. The highest BCUT2D eigenvalue weighted by Gasteiger charge is 2.07. The third-order valence-electron chi connectivity index (χ3n) is 3.01. The van der Waals surface area contributed by atoms with E-state index >= 15 is 0 Å². The largest absolute Gasteiger partial charge is 0.497 e. The maximum atomic E-state index is 12.0. The lowest BCUT2D eigenvalue weighted by Gasteiger charge is -2.13. The van der Waals surface area contributed by atoms with E-state index in [9.17, 15) is 4.79 Å². The molecule has 2 aromatic rings. The molecule has 1 amide bonds. The molecule has 0 saturated heterocycles. The van der Waals surface area contributed by atoms with Crippen molar-refractivity contribution in [2.24, 2.45) is 0 Å². The molecule has 0 spiro atoms. The first-order valence-corrected chi connectivity index (χ1v) is 7.08. The molecule has 0 radical (unpaired) electrons. The number of carbonyl (C=O) groups is 1. The molecule has 2 rings (SSSR count). The van der Waals surface area contributed by atoms with Crippen LogP contribution in [0.3, 0.4) is 0 Å². The molecule has 6 heteroatoms. The van der Waals surface area contributed by atoms with Crippen molar-refractivity contribution in [3.8, 4) is 5.75 Å². The second kappa shape index (κ2) is 7.42. The summed E-state index contributed by atoms with van der Waals surface area (Å²) in [5.41, 5.74) is 7.64. The number of benzene rings is 2. The van der Waals surface area contributed by atoms with Gasteiger partial charge in [0, 0.05) is 11.3 Å². The minimum absolute atomic E-state index is 0.298. The Morgan fingerprint density at radius 2 is 1.86 bits per heavy atom. The van der Waals surface area contributed by atoms with Crippen LogP contribution >= 0.6 is 12.2 Å². The maximum absolute atomic E-state index is 12.0. The molecule has 2 aromatic carbocycles. The van der Waals surface area contributed by atoms with Gasteiger partial charge in [-0.1, -0.05) is 24.3 Å². The SMILES string of the molecule is COc1cccc(C(=O)NNC(=S)Nc2ccccc2C)c1. The zero-order valence-corrected chi connectivity index (χ0v) is 13.2. The van der Waals surface area contributed by atoms with Crippen LogP contribution in [-0.2, 0) is 0 Å². The zero-order valence-electron chi connectivity index (χ0n) is 12.3. The second-order valence-electron chi connectivity index (χ2n) is 4.58. The van der Waals surface area contributed by atoms with Crippen molar-refractivity contribution in [2.75, 3.05) is 12.4 Å². The van der Waals surface area contributed by atoms with Crippen LogP contribution in [0.2, 0.25) is 0 Å². The number of rotatable bonds is 3. The molecule has 0 aliphatic heterocycles. The Labute approximate surface area is 134 Å². The first-order valence-electron chi connectivity index (χ1n) is 6.67. The number of carbonyl (C=O) groups excluding carboxylic acids is 1. The van der Waals surface area contributed by atoms with E-state index in [1.807, 2.05) is 31.2 Å². The highest BCUT2D eigenvalue weighted by Crippen LogP contribution is 2.13. The van der Waals surface area contributed by atoms with E-state index in [1.54, 1.807) is 31.4 Å². The highest BCUT2D eigenvalue weighted by atomic mass is 32.1. The Bertz CT molecular complexity index is 689. The lowest BCUT2D eigenvalue weighted by molar-refractivity contribution is 0.0944. The molecule has 0 heterocycles. The van der Waals surface area contributed by atoms with E-state index in [2.05, 4.69) is 16.2 Å². The molecule has 22 heavy (non-hydrogen) atoms. The van der Waals surface area contributed by atoms with Crippen LogP contribution in [0.4, 0.5) is 5.69 Å². The van der Waals surface area contributed by atoms with Crippen LogP contribution in [0.1, 0.15) is 15.9 Å². The summed E-state index contributed by atoms with van der Waals surface area (Å²) in [7, 11) is 1.55. The van der Waals surface area contributed by atoms with Gasteiger partial charge in [0.25, 0.3) is 5.91 Å². The van der Waals surface area contributed by atoms with Crippen molar-refractivity contribution in [3.05, 3.63) is 59.7 Å². The Balaban J connectivity index is 1.90. The number of hydrazine groups is 1. The molecule has 0 aliphatic rings. The number of amides is 1. The summed E-state index contributed by atoms with van der Waals surface area (Å²) in [5.74, 6) is 0.320. The summed E-state index contributed by atoms with van der Waals surface area (Å²) >= 11 is 5.15. The summed E-state index contributed by atoms with van der Waals surface area (Å²) in [6.07, 6.45) is 0. The van der Waals surface area contributed by atoms with Crippen molar-refractivity contribution in [2.45, 2.75) is 6.92 Å². The second-order valence-corrected chi connectivity index (χ2v) is 4.99. The summed E-state index contributed by atoms with van der Waals surface area (Å²) < 4.78 is 5.08. The van der Waals surface area contributed by atoms with Crippen LogP contribution in [0.15, 0.2) is 48.5 Å². The molecule has 0 saturated carbocycles. The number of nitrogens with one attached hydrogen (secondary N) is 3. The maximum Gasteiger partial charge on any atom is 0.269 e. The normalized spacial score (nSPS) is 9.73. The minimum atomic E-state index is -0.298. The number of methoxy groups -OCH3 is 1.